The third-order valence-electron chi connectivity index (χ3n) is 4.41. The molecule has 0 radical (unpaired) electrons. The summed E-state index contributed by atoms with van der Waals surface area (Å²) >= 11 is 0. The summed E-state index contributed by atoms with van der Waals surface area (Å²) < 4.78 is 44.1. The van der Waals surface area contributed by atoms with Crippen LogP contribution in [0.15, 0.2) is 17.0 Å². The molecule has 148 valence electrons. The number of hydrogen-bond acceptors (Lipinski definition) is 6. The van der Waals surface area contributed by atoms with Crippen LogP contribution in [0.25, 0.3) is 0 Å². The van der Waals surface area contributed by atoms with Crippen molar-refractivity contribution in [3.05, 3.63) is 17.7 Å². The molecule has 1 aromatic rings. The van der Waals surface area contributed by atoms with Gasteiger partial charge in [0.15, 0.2) is 11.5 Å². The second-order valence-corrected chi connectivity index (χ2v) is 8.48. The van der Waals surface area contributed by atoms with Crippen molar-refractivity contribution in [3.63, 3.8) is 0 Å². The topological polar surface area (TPSA) is 77.1 Å². The van der Waals surface area contributed by atoms with Crippen molar-refractivity contribution in [1.29, 1.82) is 0 Å². The zero-order valence-corrected chi connectivity index (χ0v) is 17.1. The summed E-state index contributed by atoms with van der Waals surface area (Å²) in [7, 11) is -0.589. The molecule has 0 aliphatic carbocycles. The van der Waals surface area contributed by atoms with Gasteiger partial charge in [0.2, 0.25) is 10.0 Å². The van der Waals surface area contributed by atoms with E-state index < -0.39 is 10.0 Å². The van der Waals surface area contributed by atoms with Crippen molar-refractivity contribution in [2.45, 2.75) is 44.3 Å². The second-order valence-electron chi connectivity index (χ2n) is 6.74. The molecule has 26 heavy (non-hydrogen) atoms. The van der Waals surface area contributed by atoms with E-state index in [1.54, 1.807) is 13.0 Å². The van der Waals surface area contributed by atoms with Gasteiger partial charge in [-0.3, -0.25) is 4.90 Å². The minimum Gasteiger partial charge on any atom is -0.493 e. The van der Waals surface area contributed by atoms with Gasteiger partial charge in [-0.05, 0) is 45.4 Å². The van der Waals surface area contributed by atoms with Crippen LogP contribution in [0.1, 0.15) is 25.8 Å². The molecule has 1 N–H and O–H groups in total. The Labute approximate surface area is 156 Å². The quantitative estimate of drug-likeness (QED) is 0.687. The molecule has 0 saturated carbocycles. The molecule has 1 saturated heterocycles. The first-order valence-corrected chi connectivity index (χ1v) is 10.3. The summed E-state index contributed by atoms with van der Waals surface area (Å²) in [5.74, 6) is 0.911. The summed E-state index contributed by atoms with van der Waals surface area (Å²) in [6.45, 7) is 8.85. The van der Waals surface area contributed by atoms with Crippen molar-refractivity contribution in [3.8, 4) is 11.5 Å². The number of rotatable bonds is 8. The Bertz CT molecular complexity index is 698. The average molecular weight is 387 g/mol. The minimum absolute atomic E-state index is 0.212. The molecule has 2 unspecified atom stereocenters. The predicted octanol–water partition coefficient (Wildman–Crippen LogP) is 1.79. The fourth-order valence-electron chi connectivity index (χ4n) is 3.31. The molecule has 8 heteroatoms. The molecule has 1 aromatic carbocycles. The highest BCUT2D eigenvalue weighted by Gasteiger charge is 2.23. The van der Waals surface area contributed by atoms with Crippen LogP contribution < -0.4 is 14.2 Å². The maximum atomic E-state index is 12.6. The molecule has 1 aliphatic rings. The largest absolute Gasteiger partial charge is 0.493 e. The molecule has 7 nitrogen and oxygen atoms in total. The van der Waals surface area contributed by atoms with Crippen molar-refractivity contribution < 1.29 is 22.6 Å². The van der Waals surface area contributed by atoms with Gasteiger partial charge in [0.1, 0.15) is 0 Å². The number of nitrogens with one attached hydrogen (secondary N) is 1. The average Bonchev–Trinajstić information content (AvgIpc) is 2.57. The Kier molecular flexibility index (Phi) is 7.28. The first kappa shape index (κ1) is 21.0. The Balaban J connectivity index is 1.94. The smallest absolute Gasteiger partial charge is 0.240 e. The monoisotopic (exact) mass is 386 g/mol. The lowest BCUT2D eigenvalue weighted by atomic mass is 10.2. The summed E-state index contributed by atoms with van der Waals surface area (Å²) in [4.78, 5) is 2.53. The molecule has 0 bridgehead atoms. The Morgan fingerprint density at radius 1 is 1.15 bits per heavy atom. The first-order chi connectivity index (χ1) is 12.3. The standard InChI is InChI=1S/C18H30N2O5S/c1-13-9-16(23-4)17(24-5)10-18(13)26(21,22)19-7-6-8-20-11-14(2)25-15(3)12-20/h9-10,14-15,19H,6-8,11-12H2,1-5H3. The van der Waals surface area contributed by atoms with Crippen LogP contribution in [0.2, 0.25) is 0 Å². The molecule has 1 fully saturated rings. The van der Waals surface area contributed by atoms with Gasteiger partial charge in [0.05, 0.1) is 31.3 Å². The summed E-state index contributed by atoms with van der Waals surface area (Å²) in [6, 6.07) is 3.17. The van der Waals surface area contributed by atoms with Crippen LogP contribution in [0.4, 0.5) is 0 Å². The van der Waals surface area contributed by atoms with Gasteiger partial charge in [0.25, 0.3) is 0 Å². The molecule has 2 atom stereocenters. The number of hydrogen-bond donors (Lipinski definition) is 1. The van der Waals surface area contributed by atoms with Gasteiger partial charge in [-0.2, -0.15) is 0 Å². The molecular weight excluding hydrogens is 356 g/mol. The van der Waals surface area contributed by atoms with E-state index in [9.17, 15) is 8.42 Å². The third-order valence-corrected chi connectivity index (χ3v) is 6.01. The summed E-state index contributed by atoms with van der Waals surface area (Å²) in [6.07, 6.45) is 1.17. The molecule has 1 aliphatic heterocycles. The fourth-order valence-corrected chi connectivity index (χ4v) is 4.62. The van der Waals surface area contributed by atoms with E-state index in [0.29, 0.717) is 23.6 Å². The van der Waals surface area contributed by atoms with Crippen LogP contribution in [0, 0.1) is 6.92 Å². The van der Waals surface area contributed by atoms with E-state index in [1.165, 1.54) is 20.3 Å². The maximum absolute atomic E-state index is 12.6. The van der Waals surface area contributed by atoms with E-state index in [-0.39, 0.29) is 17.1 Å². The van der Waals surface area contributed by atoms with Crippen molar-refractivity contribution in [1.82, 2.24) is 9.62 Å². The van der Waals surface area contributed by atoms with E-state index in [2.05, 4.69) is 23.5 Å². The van der Waals surface area contributed by atoms with Gasteiger partial charge in [-0.1, -0.05) is 0 Å². The van der Waals surface area contributed by atoms with Crippen molar-refractivity contribution in [2.75, 3.05) is 40.4 Å². The number of benzene rings is 1. The van der Waals surface area contributed by atoms with E-state index in [4.69, 9.17) is 14.2 Å². The van der Waals surface area contributed by atoms with Gasteiger partial charge in [-0.25, -0.2) is 13.1 Å². The van der Waals surface area contributed by atoms with Crippen LogP contribution >= 0.6 is 0 Å². The zero-order valence-electron chi connectivity index (χ0n) is 16.2. The van der Waals surface area contributed by atoms with E-state index >= 15 is 0 Å². The van der Waals surface area contributed by atoms with E-state index in [0.717, 1.165) is 26.1 Å². The van der Waals surface area contributed by atoms with Crippen LogP contribution in [0.3, 0.4) is 0 Å². The second kappa shape index (κ2) is 9.03. The molecule has 1 heterocycles. The molecular formula is C18H30N2O5S. The lowest BCUT2D eigenvalue weighted by Gasteiger charge is -2.35. The third kappa shape index (κ3) is 5.33. The predicted molar refractivity (Wildman–Crippen MR) is 101 cm³/mol. The van der Waals surface area contributed by atoms with Gasteiger partial charge in [0, 0.05) is 25.7 Å². The summed E-state index contributed by atoms with van der Waals surface area (Å²) in [5, 5.41) is 0. The normalized spacial score (nSPS) is 21.6. The number of sulfonamides is 1. The Morgan fingerprint density at radius 3 is 2.31 bits per heavy atom. The van der Waals surface area contributed by atoms with Crippen LogP contribution in [0.5, 0.6) is 11.5 Å². The van der Waals surface area contributed by atoms with Gasteiger partial charge in [-0.15, -0.1) is 0 Å². The zero-order chi connectivity index (χ0) is 19.3. The molecule has 0 amide bonds. The van der Waals surface area contributed by atoms with E-state index in [1.807, 2.05) is 0 Å². The van der Waals surface area contributed by atoms with Crippen molar-refractivity contribution >= 4 is 10.0 Å². The van der Waals surface area contributed by atoms with Gasteiger partial charge >= 0.3 is 0 Å². The molecule has 0 aromatic heterocycles. The first-order valence-electron chi connectivity index (χ1n) is 8.87. The highest BCUT2D eigenvalue weighted by Crippen LogP contribution is 2.32. The maximum Gasteiger partial charge on any atom is 0.240 e. The Hall–Kier alpha value is -1.35. The lowest BCUT2D eigenvalue weighted by Crippen LogP contribution is -2.46. The number of nitrogens with zero attached hydrogens (tertiary/aromatic N) is 1. The molecule has 0 spiro atoms. The number of aryl methyl sites for hydroxylation is 1. The number of methoxy groups -OCH3 is 2. The highest BCUT2D eigenvalue weighted by atomic mass is 32.2. The SMILES string of the molecule is COc1cc(C)c(S(=O)(=O)NCCCN2CC(C)OC(C)C2)cc1OC. The molecule has 2 rings (SSSR count). The van der Waals surface area contributed by atoms with Crippen LogP contribution in [-0.2, 0) is 14.8 Å². The fraction of sp³-hybridized carbons (Fsp3) is 0.667. The summed E-state index contributed by atoms with van der Waals surface area (Å²) in [5.41, 5.74) is 0.617. The Morgan fingerprint density at radius 2 is 1.73 bits per heavy atom. The highest BCUT2D eigenvalue weighted by molar-refractivity contribution is 7.89. The van der Waals surface area contributed by atoms with Crippen LogP contribution in [-0.4, -0.2) is 65.9 Å². The van der Waals surface area contributed by atoms with Gasteiger partial charge < -0.3 is 14.2 Å². The minimum atomic E-state index is -3.60. The van der Waals surface area contributed by atoms with Crippen molar-refractivity contribution in [2.24, 2.45) is 0 Å². The lowest BCUT2D eigenvalue weighted by molar-refractivity contribution is -0.0679. The number of morpholine rings is 1. The number of ether oxygens (including phenoxy) is 3.